The number of nitrogens with one attached hydrogen (secondary N) is 1. The van der Waals surface area contributed by atoms with E-state index in [1.165, 1.54) is 0 Å². The van der Waals surface area contributed by atoms with E-state index in [1.54, 1.807) is 33.8 Å². The Balaban J connectivity index is 3.01. The summed E-state index contributed by atoms with van der Waals surface area (Å²) in [6.07, 6.45) is 1.76. The van der Waals surface area contributed by atoms with Crippen LogP contribution in [0.2, 0.25) is 0 Å². The minimum Gasteiger partial charge on any atom is -0.488 e. The second-order valence-electron chi connectivity index (χ2n) is 7.82. The topological polar surface area (TPSA) is 61.7 Å². The van der Waals surface area contributed by atoms with Crippen LogP contribution in [0.25, 0.3) is 6.08 Å². The van der Waals surface area contributed by atoms with Crippen molar-refractivity contribution < 1.29 is 14.9 Å². The molecule has 23 heavy (non-hydrogen) atoms. The molecule has 0 aliphatic rings. The third-order valence-electron chi connectivity index (χ3n) is 4.22. The van der Waals surface area contributed by atoms with Crippen molar-refractivity contribution in [2.75, 3.05) is 18.5 Å². The molecule has 3 N–H and O–H groups in total. The molecule has 0 unspecified atom stereocenters. The van der Waals surface area contributed by atoms with E-state index in [0.717, 1.165) is 11.3 Å². The number of anilines is 1. The normalized spacial score (nSPS) is 12.9. The van der Waals surface area contributed by atoms with Gasteiger partial charge in [-0.1, -0.05) is 38.6 Å². The van der Waals surface area contributed by atoms with E-state index in [2.05, 4.69) is 11.9 Å². The van der Waals surface area contributed by atoms with Crippen LogP contribution in [0.5, 0.6) is 5.75 Å². The standard InChI is InChI=1S/C19H31NO3/c1-8-14-10-9-11-15(23-13-18(4,5)21)16(14)20-12-17(2,3)19(6,7)22/h8-11,20-22H,1,12-13H2,2-7H3. The van der Waals surface area contributed by atoms with Gasteiger partial charge < -0.3 is 20.3 Å². The summed E-state index contributed by atoms with van der Waals surface area (Å²) in [4.78, 5) is 0. The Morgan fingerprint density at radius 3 is 2.22 bits per heavy atom. The number of benzene rings is 1. The van der Waals surface area contributed by atoms with Crippen LogP contribution in [-0.2, 0) is 0 Å². The number of hydrogen-bond donors (Lipinski definition) is 3. The molecule has 0 radical (unpaired) electrons. The lowest BCUT2D eigenvalue weighted by atomic mass is 9.77. The van der Waals surface area contributed by atoms with Gasteiger partial charge in [0.15, 0.2) is 0 Å². The van der Waals surface area contributed by atoms with Gasteiger partial charge in [0.2, 0.25) is 0 Å². The lowest BCUT2D eigenvalue weighted by Gasteiger charge is -2.38. The van der Waals surface area contributed by atoms with Crippen molar-refractivity contribution in [3.63, 3.8) is 0 Å². The fourth-order valence-corrected chi connectivity index (χ4v) is 1.81. The van der Waals surface area contributed by atoms with Crippen LogP contribution in [0.15, 0.2) is 24.8 Å². The first kappa shape index (κ1) is 19.5. The van der Waals surface area contributed by atoms with Crippen molar-refractivity contribution >= 4 is 11.8 Å². The van der Waals surface area contributed by atoms with Crippen molar-refractivity contribution in [3.05, 3.63) is 30.3 Å². The summed E-state index contributed by atoms with van der Waals surface area (Å²) >= 11 is 0. The SMILES string of the molecule is C=Cc1cccc(OCC(C)(C)O)c1NCC(C)(C)C(C)(C)O. The summed E-state index contributed by atoms with van der Waals surface area (Å²) < 4.78 is 5.77. The minimum atomic E-state index is -0.909. The van der Waals surface area contributed by atoms with Crippen LogP contribution in [0, 0.1) is 5.41 Å². The van der Waals surface area contributed by atoms with Gasteiger partial charge in [-0.15, -0.1) is 0 Å². The molecule has 0 atom stereocenters. The molecule has 1 aromatic carbocycles. The molecule has 0 spiro atoms. The molecule has 1 rings (SSSR count). The van der Waals surface area contributed by atoms with Gasteiger partial charge in [0, 0.05) is 17.5 Å². The van der Waals surface area contributed by atoms with Gasteiger partial charge >= 0.3 is 0 Å². The summed E-state index contributed by atoms with van der Waals surface area (Å²) in [6.45, 7) is 15.6. The first-order valence-electron chi connectivity index (χ1n) is 7.94. The molecule has 0 fully saturated rings. The van der Waals surface area contributed by atoms with E-state index in [0.29, 0.717) is 12.3 Å². The molecule has 0 aliphatic heterocycles. The predicted molar refractivity (Wildman–Crippen MR) is 96.9 cm³/mol. The molecule has 0 aromatic heterocycles. The van der Waals surface area contributed by atoms with E-state index in [1.807, 2.05) is 32.0 Å². The molecule has 4 heteroatoms. The summed E-state index contributed by atoms with van der Waals surface area (Å²) in [5, 5.41) is 23.5. The average molecular weight is 321 g/mol. The fraction of sp³-hybridized carbons (Fsp3) is 0.579. The van der Waals surface area contributed by atoms with Crippen molar-refractivity contribution in [3.8, 4) is 5.75 Å². The average Bonchev–Trinajstić information content (AvgIpc) is 2.40. The Morgan fingerprint density at radius 2 is 1.74 bits per heavy atom. The Kier molecular flexibility index (Phi) is 5.89. The van der Waals surface area contributed by atoms with Crippen molar-refractivity contribution in [1.29, 1.82) is 0 Å². The highest BCUT2D eigenvalue weighted by atomic mass is 16.5. The summed E-state index contributed by atoms with van der Waals surface area (Å²) in [7, 11) is 0. The molecule has 1 aromatic rings. The van der Waals surface area contributed by atoms with E-state index in [9.17, 15) is 10.2 Å². The quantitative estimate of drug-likeness (QED) is 0.683. The monoisotopic (exact) mass is 321 g/mol. The van der Waals surface area contributed by atoms with Gasteiger partial charge in [-0.3, -0.25) is 0 Å². The lowest BCUT2D eigenvalue weighted by molar-refractivity contribution is -0.0270. The minimum absolute atomic E-state index is 0.192. The maximum absolute atomic E-state index is 10.3. The Labute approximate surface area is 140 Å². The van der Waals surface area contributed by atoms with E-state index >= 15 is 0 Å². The maximum Gasteiger partial charge on any atom is 0.143 e. The molecular weight excluding hydrogens is 290 g/mol. The van der Waals surface area contributed by atoms with Crippen molar-refractivity contribution in [1.82, 2.24) is 0 Å². The number of para-hydroxylation sites is 1. The number of ether oxygens (including phenoxy) is 1. The van der Waals surface area contributed by atoms with Crippen molar-refractivity contribution in [2.45, 2.75) is 52.7 Å². The first-order chi connectivity index (χ1) is 10.4. The van der Waals surface area contributed by atoms with Crippen LogP contribution in [0.4, 0.5) is 5.69 Å². The van der Waals surface area contributed by atoms with Gasteiger partial charge in [0.05, 0.1) is 16.9 Å². The largest absolute Gasteiger partial charge is 0.488 e. The highest BCUT2D eigenvalue weighted by molar-refractivity contribution is 5.72. The zero-order valence-electron chi connectivity index (χ0n) is 15.2. The van der Waals surface area contributed by atoms with Gasteiger partial charge in [0.25, 0.3) is 0 Å². The number of hydrogen-bond acceptors (Lipinski definition) is 4. The molecule has 0 aliphatic carbocycles. The molecule has 0 amide bonds. The predicted octanol–water partition coefficient (Wildman–Crippen LogP) is 3.69. The van der Waals surface area contributed by atoms with Crippen LogP contribution in [0.3, 0.4) is 0 Å². The van der Waals surface area contributed by atoms with Gasteiger partial charge in [-0.05, 0) is 33.8 Å². The highest BCUT2D eigenvalue weighted by Gasteiger charge is 2.35. The molecular formula is C19H31NO3. The van der Waals surface area contributed by atoms with Gasteiger partial charge in [-0.25, -0.2) is 0 Å². The first-order valence-corrected chi connectivity index (χ1v) is 7.94. The third-order valence-corrected chi connectivity index (χ3v) is 4.22. The highest BCUT2D eigenvalue weighted by Crippen LogP contribution is 2.34. The van der Waals surface area contributed by atoms with Crippen LogP contribution >= 0.6 is 0 Å². The third kappa shape index (κ3) is 5.56. The molecule has 0 saturated carbocycles. The summed E-state index contributed by atoms with van der Waals surface area (Å²) in [5.74, 6) is 0.663. The fourth-order valence-electron chi connectivity index (χ4n) is 1.81. The Bertz CT molecular complexity index is 537. The van der Waals surface area contributed by atoms with Crippen molar-refractivity contribution in [2.24, 2.45) is 5.41 Å². The van der Waals surface area contributed by atoms with E-state index < -0.39 is 11.2 Å². The van der Waals surface area contributed by atoms with E-state index in [-0.39, 0.29) is 12.0 Å². The molecule has 0 heterocycles. The smallest absolute Gasteiger partial charge is 0.143 e. The lowest BCUT2D eigenvalue weighted by Crippen LogP contribution is -2.43. The molecule has 0 bridgehead atoms. The Hall–Kier alpha value is -1.52. The van der Waals surface area contributed by atoms with E-state index in [4.69, 9.17) is 4.74 Å². The number of rotatable bonds is 8. The summed E-state index contributed by atoms with van der Waals surface area (Å²) in [5.41, 5.74) is -0.325. The zero-order chi connectivity index (χ0) is 17.9. The molecule has 0 saturated heterocycles. The van der Waals surface area contributed by atoms with Crippen LogP contribution < -0.4 is 10.1 Å². The summed E-state index contributed by atoms with van der Waals surface area (Å²) in [6, 6.07) is 5.70. The maximum atomic E-state index is 10.3. The van der Waals surface area contributed by atoms with Gasteiger partial charge in [0.1, 0.15) is 12.4 Å². The second-order valence-corrected chi connectivity index (χ2v) is 7.82. The second kappa shape index (κ2) is 6.93. The zero-order valence-corrected chi connectivity index (χ0v) is 15.2. The molecule has 4 nitrogen and oxygen atoms in total. The van der Waals surface area contributed by atoms with Gasteiger partial charge in [-0.2, -0.15) is 0 Å². The van der Waals surface area contributed by atoms with Crippen LogP contribution in [0.1, 0.15) is 47.1 Å². The van der Waals surface area contributed by atoms with Crippen LogP contribution in [-0.4, -0.2) is 34.6 Å². The Morgan fingerprint density at radius 1 is 1.13 bits per heavy atom. The molecule has 130 valence electrons. The number of aliphatic hydroxyl groups is 2.